The third-order valence-corrected chi connectivity index (χ3v) is 21.7. The summed E-state index contributed by atoms with van der Waals surface area (Å²) < 4.78 is 20.8. The molecule has 0 radical (unpaired) electrons. The Morgan fingerprint density at radius 1 is 0.901 bits per heavy atom. The molecule has 7 aliphatic rings. The number of hydrogen-bond acceptors (Lipinski definition) is 13. The minimum absolute atomic E-state index is 0.00662. The fourth-order valence-corrected chi connectivity index (χ4v) is 17.4. The van der Waals surface area contributed by atoms with Crippen molar-refractivity contribution in [2.75, 3.05) is 31.7 Å². The van der Waals surface area contributed by atoms with Crippen LogP contribution in [-0.2, 0) is 32.0 Å². The number of rotatable bonds is 12. The van der Waals surface area contributed by atoms with Crippen LogP contribution in [0, 0.1) is 39.9 Å². The Morgan fingerprint density at radius 3 is 2.53 bits per heavy atom. The second kappa shape index (κ2) is 25.0. The fraction of sp³-hybridized carbons (Fsp3) is 0.434. The van der Waals surface area contributed by atoms with Crippen LogP contribution < -0.4 is 19.7 Å². The predicted molar refractivity (Wildman–Crippen MR) is 349 cm³/mol. The molecule has 3 spiro atoms. The number of allylic oxidation sites excluding steroid dienone is 6. The molecule has 0 unspecified atom stereocenters. The lowest BCUT2D eigenvalue weighted by molar-refractivity contribution is -0.148. The number of nitrogens with one attached hydrogen (secondary N) is 2. The highest BCUT2D eigenvalue weighted by Crippen LogP contribution is 2.66. The van der Waals surface area contributed by atoms with Crippen LogP contribution in [0.5, 0.6) is 34.5 Å². The summed E-state index contributed by atoms with van der Waals surface area (Å²) in [5.41, 5.74) is 7.17. The molecule has 5 aliphatic carbocycles. The maximum atomic E-state index is 15.7. The van der Waals surface area contributed by atoms with Crippen molar-refractivity contribution in [1.29, 1.82) is 0 Å². The summed E-state index contributed by atoms with van der Waals surface area (Å²) >= 11 is 0. The fourth-order valence-electron chi connectivity index (χ4n) is 17.4. The van der Waals surface area contributed by atoms with Crippen molar-refractivity contribution in [1.82, 2.24) is 14.9 Å². The number of ketones is 2. The van der Waals surface area contributed by atoms with Crippen molar-refractivity contribution in [3.8, 4) is 46.3 Å². The number of H-pyrrole nitrogens is 1. The van der Waals surface area contributed by atoms with Gasteiger partial charge in [-0.25, -0.2) is 0 Å². The quantitative estimate of drug-likeness (QED) is 0.0449. The third kappa shape index (κ3) is 11.8. The number of ether oxygens (including phenoxy) is 3. The van der Waals surface area contributed by atoms with Gasteiger partial charge in [-0.3, -0.25) is 14.4 Å². The lowest BCUT2D eigenvalue weighted by atomic mass is 9.61. The summed E-state index contributed by atoms with van der Waals surface area (Å²) in [7, 11) is 1.49. The van der Waals surface area contributed by atoms with Crippen molar-refractivity contribution < 1.29 is 54.1 Å². The number of esters is 1. The Hall–Kier alpha value is -8.45. The first-order valence-electron chi connectivity index (χ1n) is 32.7. The average molecular weight is 1230 g/mol. The van der Waals surface area contributed by atoms with Crippen LogP contribution in [0.15, 0.2) is 139 Å². The van der Waals surface area contributed by atoms with Gasteiger partial charge in [-0.1, -0.05) is 72.9 Å². The van der Waals surface area contributed by atoms with Gasteiger partial charge in [-0.15, -0.1) is 0 Å². The van der Waals surface area contributed by atoms with E-state index in [4.69, 9.17) is 14.2 Å². The number of benzene rings is 4. The number of anilines is 1. The standard InChI is InChI=1S/C76H84N4O11/c1-46-10-5-13-54-14-7-18-60-62-43-77-42-53(62)40-76(46,54)26-22-59(90-48(3)83)37-57(86)38-65(52-33-67(87)72(68(34-52)89-4)91-58-17-8-16-56(85)36-58)80-44-63-64(79(30-24-47(2)82)69-35-51(23-29-78-69)70(60)50-12-6-15-55(84)32-50)20-19-61-71(63)66(80)41-75(73(61)88)28-27-74(45-75)25-21-49(39-74)11-9-31-81/h5-6,8,10,12-13,15-17,19-20,23,32-36,42-44,46,49,59-60,65,70,73,77-78,81,84-85,87-88H,9,11,14,21-22,24-31,37-41,45H2,1-4H3/t46-,49-,59+,60-,65+,70+,73+,74+,75-,76-/m0/s1. The van der Waals surface area contributed by atoms with Gasteiger partial charge in [0.2, 0.25) is 5.75 Å². The van der Waals surface area contributed by atoms with E-state index in [0.717, 1.165) is 113 Å². The van der Waals surface area contributed by atoms with Crippen LogP contribution in [0.25, 0.3) is 10.8 Å². The number of nitrogens with zero attached hydrogens (tertiary/aromatic N) is 2. The zero-order valence-corrected chi connectivity index (χ0v) is 52.6. The maximum absolute atomic E-state index is 15.7. The lowest BCUT2D eigenvalue weighted by Gasteiger charge is -2.43. The largest absolute Gasteiger partial charge is 0.508 e. The Kier molecular flexibility index (Phi) is 16.9. The number of aromatic hydroxyl groups is 3. The zero-order valence-electron chi connectivity index (χ0n) is 52.6. The molecule has 91 heavy (non-hydrogen) atoms. The maximum Gasteiger partial charge on any atom is 0.302 e. The first kappa shape index (κ1) is 61.4. The highest BCUT2D eigenvalue weighted by Gasteiger charge is 2.56. The van der Waals surface area contributed by atoms with Crippen LogP contribution in [0.2, 0.25) is 0 Å². The van der Waals surface area contributed by atoms with Crippen molar-refractivity contribution in [2.24, 2.45) is 28.1 Å². The molecule has 15 nitrogen and oxygen atoms in total. The van der Waals surface area contributed by atoms with E-state index >= 15 is 4.79 Å². The number of Topliss-reactive ketones (excluding diaryl/α,β-unsaturated/α-hetero) is 2. The molecule has 2 saturated carbocycles. The first-order valence-corrected chi connectivity index (χ1v) is 32.7. The van der Waals surface area contributed by atoms with Crippen molar-refractivity contribution in [2.45, 2.75) is 154 Å². The van der Waals surface area contributed by atoms with Gasteiger partial charge < -0.3 is 59.5 Å². The van der Waals surface area contributed by atoms with E-state index in [1.165, 1.54) is 26.2 Å². The van der Waals surface area contributed by atoms with Gasteiger partial charge in [0.05, 0.1) is 30.9 Å². The van der Waals surface area contributed by atoms with Crippen molar-refractivity contribution in [3.05, 3.63) is 172 Å². The summed E-state index contributed by atoms with van der Waals surface area (Å²) in [5.74, 6) is 7.70. The summed E-state index contributed by atoms with van der Waals surface area (Å²) in [4.78, 5) is 48.2. The molecule has 0 saturated heterocycles. The van der Waals surface area contributed by atoms with Gasteiger partial charge in [0.1, 0.15) is 40.7 Å². The minimum Gasteiger partial charge on any atom is -0.508 e. The number of dihydropyridines is 1. The monoisotopic (exact) mass is 1230 g/mol. The second-order valence-corrected chi connectivity index (χ2v) is 27.3. The molecular weight excluding hydrogens is 1140 g/mol. The lowest BCUT2D eigenvalue weighted by Crippen LogP contribution is -2.37. The predicted octanol–water partition coefficient (Wildman–Crippen LogP) is 13.7. The Morgan fingerprint density at radius 2 is 1.74 bits per heavy atom. The average Bonchev–Trinajstić information content (AvgIpc) is 1.57. The molecule has 474 valence electrons. The van der Waals surface area contributed by atoms with Gasteiger partial charge >= 0.3 is 5.97 Å². The van der Waals surface area contributed by atoms with Gasteiger partial charge in [0.25, 0.3) is 0 Å². The molecule has 13 rings (SSSR count). The number of methoxy groups -OCH3 is 1. The van der Waals surface area contributed by atoms with Crippen LogP contribution >= 0.6 is 0 Å². The van der Waals surface area contributed by atoms with Crippen molar-refractivity contribution in [3.63, 3.8) is 0 Å². The molecule has 0 amide bonds. The minimum atomic E-state index is -0.834. The number of aromatic nitrogens is 2. The van der Waals surface area contributed by atoms with Gasteiger partial charge in [-0.05, 0) is 183 Å². The number of aliphatic hydroxyl groups is 2. The van der Waals surface area contributed by atoms with Crippen molar-refractivity contribution >= 4 is 34.0 Å². The molecule has 6 bridgehead atoms. The van der Waals surface area contributed by atoms with Crippen LogP contribution in [0.4, 0.5) is 5.69 Å². The molecule has 4 aromatic carbocycles. The molecule has 4 heterocycles. The van der Waals surface area contributed by atoms with Crippen LogP contribution in [0.1, 0.15) is 168 Å². The molecule has 2 aliphatic heterocycles. The number of carbonyl (C=O) groups excluding carboxylic acids is 3. The number of aliphatic hydroxyl groups excluding tert-OH is 2. The second-order valence-electron chi connectivity index (χ2n) is 27.3. The highest BCUT2D eigenvalue weighted by atomic mass is 16.5. The highest BCUT2D eigenvalue weighted by molar-refractivity contribution is 6.00. The topological polar surface area (TPSA) is 216 Å². The molecule has 2 fully saturated rings. The number of phenolic OH excluding ortho intramolecular Hbond substituents is 3. The van der Waals surface area contributed by atoms with E-state index in [1.54, 1.807) is 37.3 Å². The number of fused-ring (bicyclic) bond motifs is 3. The van der Waals surface area contributed by atoms with E-state index in [0.29, 0.717) is 56.7 Å². The molecule has 6 aromatic rings. The van der Waals surface area contributed by atoms with E-state index < -0.39 is 35.0 Å². The number of phenols is 3. The van der Waals surface area contributed by atoms with Gasteiger partial charge in [0.15, 0.2) is 11.5 Å². The van der Waals surface area contributed by atoms with Gasteiger partial charge in [-0.2, -0.15) is 0 Å². The van der Waals surface area contributed by atoms with E-state index in [1.807, 2.05) is 12.1 Å². The van der Waals surface area contributed by atoms with Crippen LogP contribution in [-0.4, -0.2) is 85.5 Å². The molecule has 2 aromatic heterocycles. The van der Waals surface area contributed by atoms with Crippen LogP contribution in [0.3, 0.4) is 0 Å². The Labute approximate surface area is 532 Å². The summed E-state index contributed by atoms with van der Waals surface area (Å²) in [5, 5.41) is 62.6. The smallest absolute Gasteiger partial charge is 0.302 e. The summed E-state index contributed by atoms with van der Waals surface area (Å²) in [6, 6.07) is 20.5. The third-order valence-electron chi connectivity index (χ3n) is 21.7. The molecule has 15 heteroatoms. The number of hydrogen-bond donors (Lipinski definition) is 7. The summed E-state index contributed by atoms with van der Waals surface area (Å²) in [6.07, 6.45) is 25.6. The Bertz CT molecular complexity index is 4020. The molecular formula is C76H84N4O11. The normalized spacial score (nSPS) is 27.8. The summed E-state index contributed by atoms with van der Waals surface area (Å²) in [6.45, 7) is 6.13. The SMILES string of the molecule is COc1cc([C@H]2CC(=O)C[C@H](OC(C)=O)CC[C@@]34Cc5c[nH]cc5[C@H](C#CCC3=CC=C[C@@H]4C)[C@H](c3cccc(O)c3)C3=CCNC(=C3)N(CCC(C)=O)c3ccc4c5c(n2cc35)C[C@]2(CC[C@@]3(CC[C@H](CCCO)C3)C2)[C@@H]4O)cc(O)c1Oc1cccc(O)c1. The van der Waals surface area contributed by atoms with E-state index in [2.05, 4.69) is 106 Å². The van der Waals surface area contributed by atoms with Gasteiger partial charge in [0, 0.05) is 110 Å². The molecule has 7 N–H and O–H groups in total. The Balaban J connectivity index is 1.04. The molecule has 10 atom stereocenters. The number of carbonyl (C=O) groups is 3. The number of aromatic amines is 1. The zero-order chi connectivity index (χ0) is 63.3. The van der Waals surface area contributed by atoms with E-state index in [9.17, 15) is 35.1 Å². The first-order chi connectivity index (χ1) is 44.0. The van der Waals surface area contributed by atoms with E-state index in [-0.39, 0.29) is 95.1 Å².